The van der Waals surface area contributed by atoms with Gasteiger partial charge in [0.15, 0.2) is 0 Å². The summed E-state index contributed by atoms with van der Waals surface area (Å²) in [4.78, 5) is 27.8. The Bertz CT molecular complexity index is 511. The zero-order chi connectivity index (χ0) is 14.5. The van der Waals surface area contributed by atoms with Crippen LogP contribution in [0.25, 0.3) is 0 Å². The molecule has 1 fully saturated rings. The number of pyridine rings is 1. The summed E-state index contributed by atoms with van der Waals surface area (Å²) in [5, 5.41) is 13.8. The molecule has 20 heavy (non-hydrogen) atoms. The quantitative estimate of drug-likeness (QED) is 0.514. The molecule has 0 radical (unpaired) electrons. The molecule has 2 rings (SSSR count). The van der Waals surface area contributed by atoms with Crippen LogP contribution >= 0.6 is 11.6 Å². The summed E-state index contributed by atoms with van der Waals surface area (Å²) in [6.45, 7) is 1.19. The van der Waals surface area contributed by atoms with Crippen molar-refractivity contribution in [3.8, 4) is 0 Å². The molecule has 2 heterocycles. The summed E-state index contributed by atoms with van der Waals surface area (Å²) in [6.07, 6.45) is 3.20. The van der Waals surface area contributed by atoms with Crippen molar-refractivity contribution in [3.05, 3.63) is 28.4 Å². The van der Waals surface area contributed by atoms with E-state index in [9.17, 15) is 14.9 Å². The predicted octanol–water partition coefficient (Wildman–Crippen LogP) is 1.31. The van der Waals surface area contributed by atoms with Crippen LogP contribution in [-0.4, -0.2) is 40.8 Å². The number of hydrogen-bond acceptors (Lipinski definition) is 5. The zero-order valence-electron chi connectivity index (χ0n) is 10.8. The third-order valence-electron chi connectivity index (χ3n) is 3.17. The van der Waals surface area contributed by atoms with E-state index in [2.05, 4.69) is 10.3 Å². The Morgan fingerprint density at radius 3 is 3.15 bits per heavy atom. The van der Waals surface area contributed by atoms with E-state index in [1.54, 1.807) is 6.07 Å². The number of nitrogens with zero attached hydrogens (tertiary/aromatic N) is 3. The first-order valence-corrected chi connectivity index (χ1v) is 6.85. The van der Waals surface area contributed by atoms with Crippen LogP contribution in [0.1, 0.15) is 12.8 Å². The van der Waals surface area contributed by atoms with E-state index in [-0.39, 0.29) is 23.5 Å². The van der Waals surface area contributed by atoms with Gasteiger partial charge in [0.05, 0.1) is 4.92 Å². The highest BCUT2D eigenvalue weighted by atomic mass is 35.5. The molecule has 0 saturated carbocycles. The SMILES string of the molecule is O=C(CCl)NC1CCCN(c2ncccc2[N+](=O)[O-])C1. The second-order valence-electron chi connectivity index (χ2n) is 4.59. The van der Waals surface area contributed by atoms with Crippen LogP contribution in [0.2, 0.25) is 0 Å². The summed E-state index contributed by atoms with van der Waals surface area (Å²) in [5.74, 6) is 0.0385. The molecular weight excluding hydrogens is 284 g/mol. The average Bonchev–Trinajstić information content (AvgIpc) is 2.47. The lowest BCUT2D eigenvalue weighted by molar-refractivity contribution is -0.384. The molecule has 1 N–H and O–H groups in total. The topological polar surface area (TPSA) is 88.4 Å². The number of anilines is 1. The monoisotopic (exact) mass is 298 g/mol. The fourth-order valence-electron chi connectivity index (χ4n) is 2.33. The van der Waals surface area contributed by atoms with Crippen molar-refractivity contribution in [2.24, 2.45) is 0 Å². The highest BCUT2D eigenvalue weighted by Gasteiger charge is 2.26. The smallest absolute Gasteiger partial charge is 0.311 e. The molecule has 0 aliphatic carbocycles. The Morgan fingerprint density at radius 2 is 2.45 bits per heavy atom. The molecule has 1 unspecified atom stereocenters. The zero-order valence-corrected chi connectivity index (χ0v) is 11.5. The van der Waals surface area contributed by atoms with Crippen LogP contribution in [-0.2, 0) is 4.79 Å². The molecule has 1 atom stereocenters. The second kappa shape index (κ2) is 6.51. The maximum atomic E-state index is 11.3. The van der Waals surface area contributed by atoms with E-state index in [1.165, 1.54) is 12.3 Å². The van der Waals surface area contributed by atoms with E-state index in [0.29, 0.717) is 18.9 Å². The van der Waals surface area contributed by atoms with E-state index in [1.807, 2.05) is 4.90 Å². The minimum absolute atomic E-state index is 0.0168. The number of nitro groups is 1. The lowest BCUT2D eigenvalue weighted by Crippen LogP contribution is -2.48. The number of hydrogen-bond donors (Lipinski definition) is 1. The highest BCUT2D eigenvalue weighted by Crippen LogP contribution is 2.27. The predicted molar refractivity (Wildman–Crippen MR) is 75.0 cm³/mol. The van der Waals surface area contributed by atoms with Crippen molar-refractivity contribution >= 4 is 29.0 Å². The second-order valence-corrected chi connectivity index (χ2v) is 4.86. The van der Waals surface area contributed by atoms with Crippen LogP contribution in [0, 0.1) is 10.1 Å². The molecule has 0 spiro atoms. The van der Waals surface area contributed by atoms with E-state index in [4.69, 9.17) is 11.6 Å². The van der Waals surface area contributed by atoms with Gasteiger partial charge in [0.25, 0.3) is 0 Å². The summed E-state index contributed by atoms with van der Waals surface area (Å²) in [6, 6.07) is 2.92. The third kappa shape index (κ3) is 3.36. The Morgan fingerprint density at radius 1 is 1.65 bits per heavy atom. The van der Waals surface area contributed by atoms with Crippen LogP contribution in [0.4, 0.5) is 11.5 Å². The fourth-order valence-corrected chi connectivity index (χ4v) is 2.41. The van der Waals surface area contributed by atoms with Gasteiger partial charge < -0.3 is 10.2 Å². The first kappa shape index (κ1) is 14.5. The number of nitrogens with one attached hydrogen (secondary N) is 1. The van der Waals surface area contributed by atoms with Crippen LogP contribution in [0.3, 0.4) is 0 Å². The minimum atomic E-state index is -0.441. The molecule has 1 aromatic rings. The van der Waals surface area contributed by atoms with Gasteiger partial charge in [-0.3, -0.25) is 14.9 Å². The molecule has 1 amide bonds. The van der Waals surface area contributed by atoms with Gasteiger partial charge in [-0.2, -0.15) is 0 Å². The summed E-state index contributed by atoms with van der Waals surface area (Å²) in [5.41, 5.74) is -0.0168. The van der Waals surface area contributed by atoms with Crippen LogP contribution < -0.4 is 10.2 Å². The van der Waals surface area contributed by atoms with E-state index in [0.717, 1.165) is 12.8 Å². The van der Waals surface area contributed by atoms with Gasteiger partial charge in [-0.25, -0.2) is 4.98 Å². The first-order chi connectivity index (χ1) is 9.61. The summed E-state index contributed by atoms with van der Waals surface area (Å²) < 4.78 is 0. The number of halogens is 1. The number of amides is 1. The Labute approximate surface area is 121 Å². The molecule has 1 aromatic heterocycles. The van der Waals surface area contributed by atoms with Gasteiger partial charge >= 0.3 is 5.69 Å². The molecule has 8 heteroatoms. The van der Waals surface area contributed by atoms with Crippen molar-refractivity contribution in [2.45, 2.75) is 18.9 Å². The van der Waals surface area contributed by atoms with Gasteiger partial charge in [-0.15, -0.1) is 11.6 Å². The Hall–Kier alpha value is -1.89. The molecule has 108 valence electrons. The summed E-state index contributed by atoms with van der Waals surface area (Å²) in [7, 11) is 0. The van der Waals surface area contributed by atoms with E-state index < -0.39 is 4.92 Å². The van der Waals surface area contributed by atoms with Gasteiger partial charge in [0, 0.05) is 31.4 Å². The van der Waals surface area contributed by atoms with Crippen molar-refractivity contribution < 1.29 is 9.72 Å². The number of aromatic nitrogens is 1. The summed E-state index contributed by atoms with van der Waals surface area (Å²) >= 11 is 5.46. The standard InChI is InChI=1S/C12H15ClN4O3/c13-7-11(18)15-9-3-2-6-16(8-9)12-10(17(19)20)4-1-5-14-12/h1,4-5,9H,2-3,6-8H2,(H,15,18). The normalized spacial score (nSPS) is 18.6. The van der Waals surface area contributed by atoms with Crippen LogP contribution in [0.15, 0.2) is 18.3 Å². The van der Waals surface area contributed by atoms with Gasteiger partial charge in [-0.05, 0) is 18.9 Å². The molecule has 0 aromatic carbocycles. The molecule has 0 bridgehead atoms. The minimum Gasteiger partial charge on any atom is -0.351 e. The van der Waals surface area contributed by atoms with Crippen molar-refractivity contribution in [3.63, 3.8) is 0 Å². The van der Waals surface area contributed by atoms with Crippen molar-refractivity contribution in [2.75, 3.05) is 23.9 Å². The maximum Gasteiger partial charge on any atom is 0.311 e. The highest BCUT2D eigenvalue weighted by molar-refractivity contribution is 6.27. The molecule has 1 aliphatic rings. The largest absolute Gasteiger partial charge is 0.351 e. The van der Waals surface area contributed by atoms with E-state index >= 15 is 0 Å². The third-order valence-corrected chi connectivity index (χ3v) is 3.41. The molecule has 7 nitrogen and oxygen atoms in total. The van der Waals surface area contributed by atoms with Gasteiger partial charge in [-0.1, -0.05) is 0 Å². The number of carbonyl (C=O) groups is 1. The first-order valence-electron chi connectivity index (χ1n) is 6.31. The van der Waals surface area contributed by atoms with Crippen molar-refractivity contribution in [1.82, 2.24) is 10.3 Å². The molecule has 1 saturated heterocycles. The van der Waals surface area contributed by atoms with Crippen LogP contribution in [0.5, 0.6) is 0 Å². The van der Waals surface area contributed by atoms with Gasteiger partial charge in [0.1, 0.15) is 5.88 Å². The average molecular weight is 299 g/mol. The number of piperidine rings is 1. The Kier molecular flexibility index (Phi) is 4.73. The number of alkyl halides is 1. The number of rotatable bonds is 4. The molecule has 1 aliphatic heterocycles. The lowest BCUT2D eigenvalue weighted by atomic mass is 10.1. The van der Waals surface area contributed by atoms with Crippen molar-refractivity contribution in [1.29, 1.82) is 0 Å². The number of carbonyl (C=O) groups excluding carboxylic acids is 1. The van der Waals surface area contributed by atoms with Gasteiger partial charge in [0.2, 0.25) is 11.7 Å². The Balaban J connectivity index is 2.13. The maximum absolute atomic E-state index is 11.3. The molecular formula is C12H15ClN4O3. The fraction of sp³-hybridized carbons (Fsp3) is 0.500. The lowest BCUT2D eigenvalue weighted by Gasteiger charge is -2.33.